The summed E-state index contributed by atoms with van der Waals surface area (Å²) in [6.07, 6.45) is 2.91. The standard InChI is InChI=1S/C16H23ClN2O3S/c1-2-3-11-23(21,22)19-10-4-5-13(12-19)16(20)18-15-8-6-14(17)7-9-15/h6-9,13H,2-5,10-12H2,1H3,(H,18,20)/t13-/m1/s1. The molecule has 0 spiro atoms. The van der Waals surface area contributed by atoms with Crippen LogP contribution in [-0.4, -0.2) is 37.5 Å². The Balaban J connectivity index is 1.97. The Morgan fingerprint density at radius 1 is 1.35 bits per heavy atom. The van der Waals surface area contributed by atoms with Crippen LogP contribution >= 0.6 is 11.6 Å². The van der Waals surface area contributed by atoms with E-state index >= 15 is 0 Å². The van der Waals surface area contributed by atoms with Crippen LogP contribution in [0.15, 0.2) is 24.3 Å². The Kier molecular flexibility index (Phi) is 6.44. The third-order valence-electron chi connectivity index (χ3n) is 4.02. The van der Waals surface area contributed by atoms with Gasteiger partial charge in [0.25, 0.3) is 0 Å². The Bertz CT molecular complexity index is 631. The number of rotatable bonds is 6. The largest absolute Gasteiger partial charge is 0.326 e. The van der Waals surface area contributed by atoms with Crippen LogP contribution in [0.5, 0.6) is 0 Å². The topological polar surface area (TPSA) is 66.5 Å². The molecular formula is C16H23ClN2O3S. The molecule has 1 saturated heterocycles. The average molecular weight is 359 g/mol. The Morgan fingerprint density at radius 3 is 2.70 bits per heavy atom. The highest BCUT2D eigenvalue weighted by Gasteiger charge is 2.31. The summed E-state index contributed by atoms with van der Waals surface area (Å²) in [5, 5.41) is 3.44. The number of unbranched alkanes of at least 4 members (excludes halogenated alkanes) is 1. The SMILES string of the molecule is CCCCS(=O)(=O)N1CCC[C@@H](C(=O)Nc2ccc(Cl)cc2)C1. The molecule has 7 heteroatoms. The van der Waals surface area contributed by atoms with Gasteiger partial charge in [-0.15, -0.1) is 0 Å². The van der Waals surface area contributed by atoms with Crippen molar-refractivity contribution in [1.29, 1.82) is 0 Å². The number of hydrogen-bond acceptors (Lipinski definition) is 3. The molecular weight excluding hydrogens is 336 g/mol. The summed E-state index contributed by atoms with van der Waals surface area (Å²) in [6, 6.07) is 6.89. The first-order valence-corrected chi connectivity index (χ1v) is 9.95. The van der Waals surface area contributed by atoms with Crippen molar-refractivity contribution < 1.29 is 13.2 Å². The van der Waals surface area contributed by atoms with Crippen LogP contribution in [-0.2, 0) is 14.8 Å². The van der Waals surface area contributed by atoms with Crippen molar-refractivity contribution in [2.45, 2.75) is 32.6 Å². The molecule has 1 aromatic rings. The van der Waals surface area contributed by atoms with Gasteiger partial charge in [0.05, 0.1) is 11.7 Å². The van der Waals surface area contributed by atoms with Gasteiger partial charge in [0.1, 0.15) is 0 Å². The first-order chi connectivity index (χ1) is 10.9. The fraction of sp³-hybridized carbons (Fsp3) is 0.562. The minimum absolute atomic E-state index is 0.136. The van der Waals surface area contributed by atoms with E-state index in [2.05, 4.69) is 5.32 Å². The van der Waals surface area contributed by atoms with Gasteiger partial charge in [-0.25, -0.2) is 12.7 Å². The van der Waals surface area contributed by atoms with Crippen molar-refractivity contribution in [3.63, 3.8) is 0 Å². The highest BCUT2D eigenvalue weighted by atomic mass is 35.5. The Hall–Kier alpha value is -1.11. The predicted molar refractivity (Wildman–Crippen MR) is 93.1 cm³/mol. The number of nitrogens with zero attached hydrogens (tertiary/aromatic N) is 1. The van der Waals surface area contributed by atoms with Crippen molar-refractivity contribution >= 4 is 33.2 Å². The van der Waals surface area contributed by atoms with Gasteiger partial charge in [0.2, 0.25) is 15.9 Å². The maximum absolute atomic E-state index is 12.4. The molecule has 1 aliphatic rings. The molecule has 1 aliphatic heterocycles. The van der Waals surface area contributed by atoms with Crippen molar-refractivity contribution in [2.24, 2.45) is 5.92 Å². The molecule has 0 aromatic heterocycles. The molecule has 0 radical (unpaired) electrons. The molecule has 5 nitrogen and oxygen atoms in total. The van der Waals surface area contributed by atoms with E-state index < -0.39 is 10.0 Å². The van der Waals surface area contributed by atoms with Crippen LogP contribution in [0, 0.1) is 5.92 Å². The minimum atomic E-state index is -3.25. The maximum atomic E-state index is 12.4. The lowest BCUT2D eigenvalue weighted by Crippen LogP contribution is -2.44. The Morgan fingerprint density at radius 2 is 2.04 bits per heavy atom. The van der Waals surface area contributed by atoms with Gasteiger partial charge in [-0.3, -0.25) is 4.79 Å². The number of carbonyl (C=O) groups is 1. The van der Waals surface area contributed by atoms with Crippen molar-refractivity contribution in [2.75, 3.05) is 24.2 Å². The first kappa shape index (κ1) is 18.2. The first-order valence-electron chi connectivity index (χ1n) is 7.96. The van der Waals surface area contributed by atoms with E-state index in [1.807, 2.05) is 6.92 Å². The van der Waals surface area contributed by atoms with E-state index in [1.165, 1.54) is 4.31 Å². The summed E-state index contributed by atoms with van der Waals surface area (Å²) in [5.41, 5.74) is 0.672. The number of amides is 1. The summed E-state index contributed by atoms with van der Waals surface area (Å²) in [4.78, 5) is 12.4. The lowest BCUT2D eigenvalue weighted by atomic mass is 9.99. The number of halogens is 1. The molecule has 0 aliphatic carbocycles. The Labute approximate surface area is 143 Å². The lowest BCUT2D eigenvalue weighted by Gasteiger charge is -2.31. The van der Waals surface area contributed by atoms with E-state index in [4.69, 9.17) is 11.6 Å². The van der Waals surface area contributed by atoms with Gasteiger partial charge >= 0.3 is 0 Å². The summed E-state index contributed by atoms with van der Waals surface area (Å²) in [5.74, 6) is -0.284. The molecule has 0 bridgehead atoms. The van der Waals surface area contributed by atoms with E-state index in [9.17, 15) is 13.2 Å². The molecule has 1 N–H and O–H groups in total. The zero-order valence-corrected chi connectivity index (χ0v) is 14.9. The molecule has 2 rings (SSSR count). The minimum Gasteiger partial charge on any atom is -0.326 e. The highest BCUT2D eigenvalue weighted by molar-refractivity contribution is 7.89. The molecule has 1 aromatic carbocycles. The summed E-state index contributed by atoms with van der Waals surface area (Å²) < 4.78 is 26.0. The predicted octanol–water partition coefficient (Wildman–Crippen LogP) is 3.12. The second-order valence-corrected chi connectivity index (χ2v) is 8.39. The van der Waals surface area contributed by atoms with Gasteiger partial charge < -0.3 is 5.32 Å². The number of sulfonamides is 1. The zero-order chi connectivity index (χ0) is 16.9. The normalized spacial score (nSPS) is 19.5. The van der Waals surface area contributed by atoms with E-state index in [-0.39, 0.29) is 24.1 Å². The van der Waals surface area contributed by atoms with Gasteiger partial charge in [-0.1, -0.05) is 24.9 Å². The smallest absolute Gasteiger partial charge is 0.228 e. The molecule has 23 heavy (non-hydrogen) atoms. The lowest BCUT2D eigenvalue weighted by molar-refractivity contribution is -0.120. The number of hydrogen-bond donors (Lipinski definition) is 1. The van der Waals surface area contributed by atoms with Crippen LogP contribution in [0.1, 0.15) is 32.6 Å². The summed E-state index contributed by atoms with van der Waals surface area (Å²) >= 11 is 5.82. The van der Waals surface area contributed by atoms with E-state index in [0.29, 0.717) is 36.5 Å². The third kappa shape index (κ3) is 5.19. The second kappa shape index (κ2) is 8.13. The van der Waals surface area contributed by atoms with Gasteiger partial charge in [-0.05, 0) is 43.5 Å². The number of piperidine rings is 1. The number of benzene rings is 1. The molecule has 1 atom stereocenters. The molecule has 1 amide bonds. The van der Waals surface area contributed by atoms with Crippen molar-refractivity contribution in [1.82, 2.24) is 4.31 Å². The average Bonchev–Trinajstić information content (AvgIpc) is 2.55. The third-order valence-corrected chi connectivity index (χ3v) is 6.19. The zero-order valence-electron chi connectivity index (χ0n) is 13.3. The van der Waals surface area contributed by atoms with Gasteiger partial charge in [-0.2, -0.15) is 0 Å². The number of anilines is 1. The number of carbonyl (C=O) groups excluding carboxylic acids is 1. The monoisotopic (exact) mass is 358 g/mol. The van der Waals surface area contributed by atoms with Crippen molar-refractivity contribution in [3.05, 3.63) is 29.3 Å². The summed E-state index contributed by atoms with van der Waals surface area (Å²) in [6.45, 7) is 2.75. The molecule has 0 unspecified atom stereocenters. The molecule has 1 fully saturated rings. The van der Waals surface area contributed by atoms with Crippen LogP contribution in [0.3, 0.4) is 0 Å². The molecule has 1 heterocycles. The highest BCUT2D eigenvalue weighted by Crippen LogP contribution is 2.22. The quantitative estimate of drug-likeness (QED) is 0.849. The van der Waals surface area contributed by atoms with Crippen LogP contribution in [0.4, 0.5) is 5.69 Å². The van der Waals surface area contributed by atoms with Gasteiger partial charge in [0.15, 0.2) is 0 Å². The molecule has 128 valence electrons. The van der Waals surface area contributed by atoms with Gasteiger partial charge in [0, 0.05) is 23.8 Å². The fourth-order valence-electron chi connectivity index (χ4n) is 2.64. The fourth-order valence-corrected chi connectivity index (χ4v) is 4.49. The molecule has 0 saturated carbocycles. The van der Waals surface area contributed by atoms with Crippen molar-refractivity contribution in [3.8, 4) is 0 Å². The van der Waals surface area contributed by atoms with E-state index in [0.717, 1.165) is 6.42 Å². The van der Waals surface area contributed by atoms with E-state index in [1.54, 1.807) is 24.3 Å². The summed E-state index contributed by atoms with van der Waals surface area (Å²) in [7, 11) is -3.25. The number of nitrogens with one attached hydrogen (secondary N) is 1. The second-order valence-electron chi connectivity index (χ2n) is 5.86. The maximum Gasteiger partial charge on any atom is 0.228 e. The van der Waals surface area contributed by atoms with Crippen LogP contribution in [0.25, 0.3) is 0 Å². The van der Waals surface area contributed by atoms with Crippen LogP contribution in [0.2, 0.25) is 5.02 Å². The van der Waals surface area contributed by atoms with Crippen LogP contribution < -0.4 is 5.32 Å².